The van der Waals surface area contributed by atoms with Crippen molar-refractivity contribution >= 4 is 5.91 Å². The van der Waals surface area contributed by atoms with Crippen LogP contribution >= 0.6 is 0 Å². The molecule has 2 aromatic rings. The molecule has 3 heterocycles. The standard InChI is InChI=1S/C16H18N6O2/c1-3-14-19-15(21-20-14)13-9-22(6-7-24-13)16(23)12-5-4-11(8-17)10(2)18-12/h4-5,13H,3,6-7,9H2,1-2H3,(H,19,20,21)/t13-/m1/s1. The van der Waals surface area contributed by atoms with Gasteiger partial charge in [0.2, 0.25) is 0 Å². The normalized spacial score (nSPS) is 17.5. The molecule has 0 aromatic carbocycles. The fourth-order valence-electron chi connectivity index (χ4n) is 2.56. The number of morpholine rings is 1. The number of carbonyl (C=O) groups is 1. The van der Waals surface area contributed by atoms with E-state index in [2.05, 4.69) is 20.2 Å². The molecule has 8 nitrogen and oxygen atoms in total. The Balaban J connectivity index is 1.75. The summed E-state index contributed by atoms with van der Waals surface area (Å²) in [6.45, 7) is 4.99. The van der Waals surface area contributed by atoms with Gasteiger partial charge in [0.1, 0.15) is 23.7 Å². The number of aryl methyl sites for hydroxylation is 2. The lowest BCUT2D eigenvalue weighted by atomic mass is 10.2. The summed E-state index contributed by atoms with van der Waals surface area (Å²) in [5.74, 6) is 1.18. The van der Waals surface area contributed by atoms with E-state index >= 15 is 0 Å². The van der Waals surface area contributed by atoms with Gasteiger partial charge < -0.3 is 9.64 Å². The molecule has 3 rings (SSSR count). The Morgan fingerprint density at radius 1 is 1.50 bits per heavy atom. The van der Waals surface area contributed by atoms with Gasteiger partial charge in [-0.15, -0.1) is 0 Å². The van der Waals surface area contributed by atoms with Crippen LogP contribution in [0.3, 0.4) is 0 Å². The zero-order chi connectivity index (χ0) is 17.1. The molecular formula is C16H18N6O2. The number of nitriles is 1. The van der Waals surface area contributed by atoms with Crippen molar-refractivity contribution in [3.8, 4) is 6.07 Å². The molecule has 0 bridgehead atoms. The number of H-pyrrole nitrogens is 1. The fraction of sp³-hybridized carbons (Fsp3) is 0.438. The molecule has 0 spiro atoms. The number of amides is 1. The van der Waals surface area contributed by atoms with Crippen LogP contribution < -0.4 is 0 Å². The molecule has 1 fully saturated rings. The number of hydrogen-bond donors (Lipinski definition) is 1. The minimum absolute atomic E-state index is 0.179. The van der Waals surface area contributed by atoms with Crippen molar-refractivity contribution in [1.29, 1.82) is 5.26 Å². The Bertz CT molecular complexity index is 794. The highest BCUT2D eigenvalue weighted by Crippen LogP contribution is 2.20. The van der Waals surface area contributed by atoms with Gasteiger partial charge >= 0.3 is 0 Å². The van der Waals surface area contributed by atoms with E-state index in [1.165, 1.54) is 0 Å². The predicted octanol–water partition coefficient (Wildman–Crippen LogP) is 1.16. The minimum atomic E-state index is -0.348. The number of aromatic amines is 1. The molecule has 24 heavy (non-hydrogen) atoms. The highest BCUT2D eigenvalue weighted by atomic mass is 16.5. The maximum Gasteiger partial charge on any atom is 0.272 e. The van der Waals surface area contributed by atoms with E-state index < -0.39 is 0 Å². The molecular weight excluding hydrogens is 308 g/mol. The first-order valence-corrected chi connectivity index (χ1v) is 7.82. The van der Waals surface area contributed by atoms with Crippen molar-refractivity contribution in [3.05, 3.63) is 40.7 Å². The van der Waals surface area contributed by atoms with Crippen LogP contribution in [-0.2, 0) is 11.2 Å². The van der Waals surface area contributed by atoms with E-state index in [4.69, 9.17) is 10.00 Å². The average molecular weight is 326 g/mol. The third kappa shape index (κ3) is 3.12. The van der Waals surface area contributed by atoms with Crippen molar-refractivity contribution in [2.24, 2.45) is 0 Å². The highest BCUT2D eigenvalue weighted by molar-refractivity contribution is 5.92. The number of ether oxygens (including phenoxy) is 1. The maximum absolute atomic E-state index is 12.7. The maximum atomic E-state index is 12.7. The van der Waals surface area contributed by atoms with E-state index in [0.29, 0.717) is 42.5 Å². The Morgan fingerprint density at radius 3 is 3.00 bits per heavy atom. The zero-order valence-corrected chi connectivity index (χ0v) is 13.6. The molecule has 2 aromatic heterocycles. The van der Waals surface area contributed by atoms with Crippen molar-refractivity contribution in [2.45, 2.75) is 26.4 Å². The van der Waals surface area contributed by atoms with E-state index in [1.807, 2.05) is 13.0 Å². The summed E-state index contributed by atoms with van der Waals surface area (Å²) in [5.41, 5.74) is 1.35. The second kappa shape index (κ2) is 6.76. The monoisotopic (exact) mass is 326 g/mol. The van der Waals surface area contributed by atoms with Gasteiger partial charge in [-0.05, 0) is 19.1 Å². The summed E-state index contributed by atoms with van der Waals surface area (Å²) < 4.78 is 5.70. The smallest absolute Gasteiger partial charge is 0.272 e. The number of hydrogen-bond acceptors (Lipinski definition) is 6. The number of carbonyl (C=O) groups excluding carboxylic acids is 1. The molecule has 8 heteroatoms. The number of rotatable bonds is 3. The van der Waals surface area contributed by atoms with Crippen LogP contribution in [0, 0.1) is 18.3 Å². The number of aromatic nitrogens is 4. The van der Waals surface area contributed by atoms with Gasteiger partial charge in [0.05, 0.1) is 24.4 Å². The lowest BCUT2D eigenvalue weighted by Crippen LogP contribution is -2.42. The third-order valence-corrected chi connectivity index (χ3v) is 3.95. The van der Waals surface area contributed by atoms with E-state index in [1.54, 1.807) is 24.0 Å². The second-order valence-electron chi connectivity index (χ2n) is 5.55. The number of pyridine rings is 1. The van der Waals surface area contributed by atoms with Gasteiger partial charge in [-0.3, -0.25) is 9.89 Å². The first kappa shape index (κ1) is 16.1. The molecule has 1 amide bonds. The van der Waals surface area contributed by atoms with Crippen LogP contribution in [0.15, 0.2) is 12.1 Å². The molecule has 1 aliphatic heterocycles. The molecule has 0 unspecified atom stereocenters. The fourth-order valence-corrected chi connectivity index (χ4v) is 2.56. The van der Waals surface area contributed by atoms with Crippen LogP contribution in [0.4, 0.5) is 0 Å². The van der Waals surface area contributed by atoms with Gasteiger partial charge in [0, 0.05) is 13.0 Å². The van der Waals surface area contributed by atoms with E-state index in [0.717, 1.165) is 12.2 Å². The highest BCUT2D eigenvalue weighted by Gasteiger charge is 2.29. The predicted molar refractivity (Wildman–Crippen MR) is 84.0 cm³/mol. The Hall–Kier alpha value is -2.79. The van der Waals surface area contributed by atoms with Crippen molar-refractivity contribution < 1.29 is 9.53 Å². The molecule has 0 aliphatic carbocycles. The lowest BCUT2D eigenvalue weighted by molar-refractivity contribution is -0.0268. The topological polar surface area (TPSA) is 108 Å². The van der Waals surface area contributed by atoms with Gasteiger partial charge in [-0.25, -0.2) is 9.97 Å². The molecule has 1 aliphatic rings. The van der Waals surface area contributed by atoms with Gasteiger partial charge in [-0.2, -0.15) is 10.4 Å². The number of nitrogens with zero attached hydrogens (tertiary/aromatic N) is 5. The van der Waals surface area contributed by atoms with Crippen molar-refractivity contribution in [1.82, 2.24) is 25.1 Å². The van der Waals surface area contributed by atoms with Crippen molar-refractivity contribution in [3.63, 3.8) is 0 Å². The van der Waals surface area contributed by atoms with Crippen LogP contribution in [0.1, 0.15) is 46.4 Å². The van der Waals surface area contributed by atoms with Crippen molar-refractivity contribution in [2.75, 3.05) is 19.7 Å². The quantitative estimate of drug-likeness (QED) is 0.906. The summed E-state index contributed by atoms with van der Waals surface area (Å²) in [5, 5.41) is 16.0. The molecule has 0 saturated carbocycles. The lowest BCUT2D eigenvalue weighted by Gasteiger charge is -2.31. The summed E-state index contributed by atoms with van der Waals surface area (Å²) in [7, 11) is 0. The Labute approximate surface area is 139 Å². The van der Waals surface area contributed by atoms with Crippen LogP contribution in [0.5, 0.6) is 0 Å². The first-order valence-electron chi connectivity index (χ1n) is 7.82. The second-order valence-corrected chi connectivity index (χ2v) is 5.55. The summed E-state index contributed by atoms with van der Waals surface area (Å²) in [6, 6.07) is 5.25. The molecule has 124 valence electrons. The largest absolute Gasteiger partial charge is 0.366 e. The van der Waals surface area contributed by atoms with Crippen LogP contribution in [-0.4, -0.2) is 50.7 Å². The molecule has 1 N–H and O–H groups in total. The van der Waals surface area contributed by atoms with E-state index in [-0.39, 0.29) is 12.0 Å². The Morgan fingerprint density at radius 2 is 2.33 bits per heavy atom. The minimum Gasteiger partial charge on any atom is -0.366 e. The molecule has 1 saturated heterocycles. The van der Waals surface area contributed by atoms with Gasteiger partial charge in [-0.1, -0.05) is 6.92 Å². The first-order chi connectivity index (χ1) is 11.6. The number of nitrogens with one attached hydrogen (secondary N) is 1. The van der Waals surface area contributed by atoms with Crippen LogP contribution in [0.25, 0.3) is 0 Å². The SMILES string of the molecule is CCc1nc([C@H]2CN(C(=O)c3ccc(C#N)c(C)n3)CCO2)n[nH]1. The zero-order valence-electron chi connectivity index (χ0n) is 13.6. The van der Waals surface area contributed by atoms with Gasteiger partial charge in [0.15, 0.2) is 5.82 Å². The summed E-state index contributed by atoms with van der Waals surface area (Å²) in [6.07, 6.45) is 0.412. The molecule has 0 radical (unpaired) electrons. The van der Waals surface area contributed by atoms with Crippen LogP contribution in [0.2, 0.25) is 0 Å². The molecule has 1 atom stereocenters. The van der Waals surface area contributed by atoms with Gasteiger partial charge in [0.25, 0.3) is 5.91 Å². The summed E-state index contributed by atoms with van der Waals surface area (Å²) >= 11 is 0. The average Bonchev–Trinajstić information content (AvgIpc) is 3.10. The van der Waals surface area contributed by atoms with E-state index in [9.17, 15) is 4.79 Å². The Kier molecular flexibility index (Phi) is 4.53. The summed E-state index contributed by atoms with van der Waals surface area (Å²) in [4.78, 5) is 23.0. The third-order valence-electron chi connectivity index (χ3n) is 3.95.